The molecule has 1 aromatic rings. The van der Waals surface area contributed by atoms with Gasteiger partial charge in [-0.3, -0.25) is 19.3 Å². The summed E-state index contributed by atoms with van der Waals surface area (Å²) >= 11 is 0.674. The average Bonchev–Trinajstić information content (AvgIpc) is 2.70. The molecule has 0 aromatic heterocycles. The van der Waals surface area contributed by atoms with Crippen LogP contribution in [0, 0.1) is 0 Å². The van der Waals surface area contributed by atoms with Gasteiger partial charge < -0.3 is 14.9 Å². The summed E-state index contributed by atoms with van der Waals surface area (Å²) in [7, 11) is 0. The second-order valence-corrected chi connectivity index (χ2v) is 5.31. The molecule has 0 spiro atoms. The third-order valence-corrected chi connectivity index (χ3v) is 3.66. The van der Waals surface area contributed by atoms with Gasteiger partial charge in [-0.2, -0.15) is 0 Å². The number of phenolic OH excluding ortho intramolecular Hbond substituents is 1. The number of benzene rings is 1. The van der Waals surface area contributed by atoms with Crippen molar-refractivity contribution in [3.8, 4) is 11.5 Å². The molecule has 1 aliphatic heterocycles. The summed E-state index contributed by atoms with van der Waals surface area (Å²) in [5.41, 5.74) is 0.557. The second-order valence-electron chi connectivity index (χ2n) is 4.32. The Bertz CT molecular complexity index is 669. The van der Waals surface area contributed by atoms with Gasteiger partial charge in [-0.1, -0.05) is 6.07 Å². The molecule has 0 atom stereocenters. The number of imide groups is 1. The van der Waals surface area contributed by atoms with E-state index in [1.54, 1.807) is 13.0 Å². The molecule has 0 radical (unpaired) electrons. The Morgan fingerprint density at radius 3 is 2.77 bits per heavy atom. The smallest absolute Gasteiger partial charge is 0.323 e. The summed E-state index contributed by atoms with van der Waals surface area (Å²) in [6.07, 6.45) is 1.45. The Morgan fingerprint density at radius 2 is 2.14 bits per heavy atom. The summed E-state index contributed by atoms with van der Waals surface area (Å²) < 4.78 is 5.24. The quantitative estimate of drug-likeness (QED) is 0.798. The third kappa shape index (κ3) is 3.40. The van der Waals surface area contributed by atoms with E-state index in [0.29, 0.717) is 28.8 Å². The SMILES string of the molecule is CCOc1cc(/C=C2/SC(=O)N(CC(=O)O)C2=O)ccc1O. The zero-order valence-electron chi connectivity index (χ0n) is 11.6. The molecule has 0 aliphatic carbocycles. The van der Waals surface area contributed by atoms with E-state index in [1.807, 2.05) is 0 Å². The van der Waals surface area contributed by atoms with Crippen LogP contribution in [-0.4, -0.2) is 45.4 Å². The number of ether oxygens (including phenoxy) is 1. The van der Waals surface area contributed by atoms with Crippen LogP contribution in [0.1, 0.15) is 12.5 Å². The molecule has 8 heteroatoms. The van der Waals surface area contributed by atoms with E-state index in [9.17, 15) is 19.5 Å². The number of nitrogens with zero attached hydrogens (tertiary/aromatic N) is 1. The fourth-order valence-corrected chi connectivity index (χ4v) is 2.65. The van der Waals surface area contributed by atoms with Crippen molar-refractivity contribution in [2.24, 2.45) is 0 Å². The van der Waals surface area contributed by atoms with Gasteiger partial charge in [0, 0.05) is 0 Å². The van der Waals surface area contributed by atoms with Crippen LogP contribution in [0.2, 0.25) is 0 Å². The Labute approximate surface area is 130 Å². The number of thioether (sulfide) groups is 1. The van der Waals surface area contributed by atoms with Gasteiger partial charge >= 0.3 is 5.97 Å². The molecule has 1 aliphatic rings. The van der Waals surface area contributed by atoms with Gasteiger partial charge in [0.15, 0.2) is 11.5 Å². The van der Waals surface area contributed by atoms with E-state index in [0.717, 1.165) is 0 Å². The molecule has 2 amide bonds. The summed E-state index contributed by atoms with van der Waals surface area (Å²) in [4.78, 5) is 35.1. The summed E-state index contributed by atoms with van der Waals surface area (Å²) in [5.74, 6) is -1.67. The number of aromatic hydroxyl groups is 1. The zero-order valence-corrected chi connectivity index (χ0v) is 12.4. The molecule has 0 bridgehead atoms. The minimum absolute atomic E-state index is 0.0296. The average molecular weight is 323 g/mol. The summed E-state index contributed by atoms with van der Waals surface area (Å²) in [6, 6.07) is 4.51. The predicted octanol–water partition coefficient (Wildman–Crippen LogP) is 1.91. The molecule has 1 heterocycles. The standard InChI is InChI=1S/C14H13NO6S/c1-2-21-10-5-8(3-4-9(10)16)6-11-13(19)15(7-12(17)18)14(20)22-11/h3-6,16H,2,7H2,1H3,(H,17,18)/b11-6+. The fourth-order valence-electron chi connectivity index (χ4n) is 1.81. The van der Waals surface area contributed by atoms with Crippen molar-refractivity contribution in [2.45, 2.75) is 6.92 Å². The van der Waals surface area contributed by atoms with Crippen LogP contribution in [0.3, 0.4) is 0 Å². The molecular weight excluding hydrogens is 310 g/mol. The van der Waals surface area contributed by atoms with Gasteiger partial charge in [0.25, 0.3) is 11.1 Å². The Morgan fingerprint density at radius 1 is 1.41 bits per heavy atom. The van der Waals surface area contributed by atoms with Crippen LogP contribution in [0.25, 0.3) is 6.08 Å². The number of carbonyl (C=O) groups excluding carboxylic acids is 2. The first-order chi connectivity index (χ1) is 10.4. The van der Waals surface area contributed by atoms with Gasteiger partial charge in [-0.15, -0.1) is 0 Å². The fraction of sp³-hybridized carbons (Fsp3) is 0.214. The van der Waals surface area contributed by atoms with E-state index in [2.05, 4.69) is 0 Å². The molecule has 7 nitrogen and oxygen atoms in total. The van der Waals surface area contributed by atoms with Crippen LogP contribution in [0.5, 0.6) is 11.5 Å². The lowest BCUT2D eigenvalue weighted by Gasteiger charge is -2.08. The number of aliphatic carboxylic acids is 1. The van der Waals surface area contributed by atoms with Crippen LogP contribution in [0.4, 0.5) is 4.79 Å². The van der Waals surface area contributed by atoms with Gasteiger partial charge in [-0.25, -0.2) is 0 Å². The highest BCUT2D eigenvalue weighted by molar-refractivity contribution is 8.18. The van der Waals surface area contributed by atoms with Crippen molar-refractivity contribution >= 4 is 35.0 Å². The van der Waals surface area contributed by atoms with Gasteiger partial charge in [0.05, 0.1) is 11.5 Å². The van der Waals surface area contributed by atoms with E-state index in [1.165, 1.54) is 18.2 Å². The number of hydrogen-bond acceptors (Lipinski definition) is 6. The molecule has 0 unspecified atom stereocenters. The number of rotatable bonds is 5. The highest BCUT2D eigenvalue weighted by Gasteiger charge is 2.36. The Kier molecular flexibility index (Phi) is 4.71. The van der Waals surface area contributed by atoms with E-state index < -0.39 is 23.7 Å². The minimum atomic E-state index is -1.26. The van der Waals surface area contributed by atoms with Gasteiger partial charge in [0.2, 0.25) is 0 Å². The molecule has 0 saturated carbocycles. The van der Waals surface area contributed by atoms with Crippen molar-refractivity contribution in [3.05, 3.63) is 28.7 Å². The third-order valence-electron chi connectivity index (χ3n) is 2.75. The largest absolute Gasteiger partial charge is 0.504 e. The number of carboxylic acids is 1. The molecule has 1 saturated heterocycles. The lowest BCUT2D eigenvalue weighted by molar-refractivity contribution is -0.140. The second kappa shape index (κ2) is 6.52. The van der Waals surface area contributed by atoms with Crippen molar-refractivity contribution in [3.63, 3.8) is 0 Å². The maximum absolute atomic E-state index is 12.0. The molecule has 1 fully saturated rings. The highest BCUT2D eigenvalue weighted by atomic mass is 32.2. The molecule has 116 valence electrons. The lowest BCUT2D eigenvalue weighted by atomic mass is 10.2. The Hall–Kier alpha value is -2.48. The number of amides is 2. The number of carbonyl (C=O) groups is 3. The van der Waals surface area contributed by atoms with Gasteiger partial charge in [0.1, 0.15) is 6.54 Å². The molecule has 22 heavy (non-hydrogen) atoms. The summed E-state index contributed by atoms with van der Waals surface area (Å²) in [5, 5.41) is 17.7. The first kappa shape index (κ1) is 15.9. The molecule has 2 rings (SSSR count). The van der Waals surface area contributed by atoms with Crippen LogP contribution >= 0.6 is 11.8 Å². The molecule has 1 aromatic carbocycles. The number of phenols is 1. The normalized spacial score (nSPS) is 16.4. The highest BCUT2D eigenvalue weighted by Crippen LogP contribution is 2.34. The number of carboxylic acid groups (broad SMARTS) is 1. The van der Waals surface area contributed by atoms with Crippen molar-refractivity contribution in [2.75, 3.05) is 13.2 Å². The van der Waals surface area contributed by atoms with Crippen molar-refractivity contribution in [1.29, 1.82) is 0 Å². The molecule has 2 N–H and O–H groups in total. The van der Waals surface area contributed by atoms with E-state index >= 15 is 0 Å². The van der Waals surface area contributed by atoms with Crippen molar-refractivity contribution < 1.29 is 29.3 Å². The predicted molar refractivity (Wildman–Crippen MR) is 79.6 cm³/mol. The van der Waals surface area contributed by atoms with Crippen LogP contribution < -0.4 is 4.74 Å². The topological polar surface area (TPSA) is 104 Å². The zero-order chi connectivity index (χ0) is 16.3. The molecular formula is C14H13NO6S. The maximum atomic E-state index is 12.0. The monoisotopic (exact) mass is 323 g/mol. The van der Waals surface area contributed by atoms with Crippen molar-refractivity contribution in [1.82, 2.24) is 4.90 Å². The summed E-state index contributed by atoms with van der Waals surface area (Å²) in [6.45, 7) is 1.47. The first-order valence-electron chi connectivity index (χ1n) is 6.35. The van der Waals surface area contributed by atoms with Gasteiger partial charge in [-0.05, 0) is 42.5 Å². The van der Waals surface area contributed by atoms with Crippen LogP contribution in [0.15, 0.2) is 23.1 Å². The minimum Gasteiger partial charge on any atom is -0.504 e. The first-order valence-corrected chi connectivity index (χ1v) is 7.17. The van der Waals surface area contributed by atoms with Crippen LogP contribution in [-0.2, 0) is 9.59 Å². The maximum Gasteiger partial charge on any atom is 0.323 e. The Balaban J connectivity index is 2.26. The lowest BCUT2D eigenvalue weighted by Crippen LogP contribution is -2.33. The van der Waals surface area contributed by atoms with E-state index in [-0.39, 0.29) is 16.4 Å². The number of hydrogen-bond donors (Lipinski definition) is 2. The van der Waals surface area contributed by atoms with E-state index in [4.69, 9.17) is 9.84 Å².